The summed E-state index contributed by atoms with van der Waals surface area (Å²) in [4.78, 5) is 12.7. The molecule has 0 saturated carbocycles. The minimum atomic E-state index is -0.0954. The van der Waals surface area contributed by atoms with Crippen molar-refractivity contribution >= 4 is 16.7 Å². The predicted molar refractivity (Wildman–Crippen MR) is 129 cm³/mol. The lowest BCUT2D eigenvalue weighted by molar-refractivity contribution is 0.0951. The SMILES string of the molecule is Cc1ccc(C(=O)NCc2cn(-c3ccccc3)nc2-c2ccc3ccccc3c2)cc1. The van der Waals surface area contributed by atoms with Gasteiger partial charge in [0.15, 0.2) is 0 Å². The zero-order chi connectivity index (χ0) is 21.9. The van der Waals surface area contributed by atoms with E-state index >= 15 is 0 Å². The Balaban J connectivity index is 1.50. The highest BCUT2D eigenvalue weighted by Crippen LogP contribution is 2.27. The van der Waals surface area contributed by atoms with Crippen LogP contribution in [0.4, 0.5) is 0 Å². The lowest BCUT2D eigenvalue weighted by Gasteiger charge is -2.07. The number of nitrogens with one attached hydrogen (secondary N) is 1. The van der Waals surface area contributed by atoms with Crippen LogP contribution in [0.3, 0.4) is 0 Å². The largest absolute Gasteiger partial charge is 0.348 e. The van der Waals surface area contributed by atoms with Gasteiger partial charge in [0.05, 0.1) is 11.4 Å². The molecule has 5 aromatic rings. The Morgan fingerprint density at radius 3 is 2.34 bits per heavy atom. The summed E-state index contributed by atoms with van der Waals surface area (Å²) in [6, 6.07) is 32.2. The Morgan fingerprint density at radius 2 is 1.56 bits per heavy atom. The minimum absolute atomic E-state index is 0.0954. The van der Waals surface area contributed by atoms with Crippen molar-refractivity contribution in [3.63, 3.8) is 0 Å². The monoisotopic (exact) mass is 417 g/mol. The first-order chi connectivity index (χ1) is 15.7. The van der Waals surface area contributed by atoms with Crippen LogP contribution in [0.25, 0.3) is 27.7 Å². The van der Waals surface area contributed by atoms with Crippen molar-refractivity contribution in [3.8, 4) is 16.9 Å². The van der Waals surface area contributed by atoms with Crippen molar-refractivity contribution in [2.24, 2.45) is 0 Å². The van der Waals surface area contributed by atoms with Crippen LogP contribution < -0.4 is 5.32 Å². The molecular formula is C28H23N3O. The summed E-state index contributed by atoms with van der Waals surface area (Å²) in [5.74, 6) is -0.0954. The van der Waals surface area contributed by atoms with Gasteiger partial charge in [-0.25, -0.2) is 4.68 Å². The Kier molecular flexibility index (Phi) is 5.26. The normalized spacial score (nSPS) is 10.9. The van der Waals surface area contributed by atoms with Crippen LogP contribution in [-0.4, -0.2) is 15.7 Å². The van der Waals surface area contributed by atoms with Gasteiger partial charge in [0, 0.05) is 29.4 Å². The molecule has 0 radical (unpaired) electrons. The maximum Gasteiger partial charge on any atom is 0.251 e. The van der Waals surface area contributed by atoms with E-state index in [-0.39, 0.29) is 5.91 Å². The molecule has 0 aliphatic rings. The fraction of sp³-hybridized carbons (Fsp3) is 0.0714. The van der Waals surface area contributed by atoms with Crippen LogP contribution in [0.1, 0.15) is 21.5 Å². The fourth-order valence-corrected chi connectivity index (χ4v) is 3.81. The zero-order valence-electron chi connectivity index (χ0n) is 17.8. The van der Waals surface area contributed by atoms with Crippen molar-refractivity contribution in [2.75, 3.05) is 0 Å². The molecule has 0 aliphatic heterocycles. The van der Waals surface area contributed by atoms with Crippen molar-refractivity contribution in [1.29, 1.82) is 0 Å². The van der Waals surface area contributed by atoms with Crippen LogP contribution in [0.5, 0.6) is 0 Å². The summed E-state index contributed by atoms with van der Waals surface area (Å²) in [7, 11) is 0. The van der Waals surface area contributed by atoms with Gasteiger partial charge in [-0.3, -0.25) is 4.79 Å². The van der Waals surface area contributed by atoms with E-state index in [0.29, 0.717) is 12.1 Å². The molecule has 32 heavy (non-hydrogen) atoms. The molecule has 0 fully saturated rings. The number of hydrogen-bond donors (Lipinski definition) is 1. The number of hydrogen-bond acceptors (Lipinski definition) is 2. The smallest absolute Gasteiger partial charge is 0.251 e. The first-order valence-corrected chi connectivity index (χ1v) is 10.7. The average molecular weight is 418 g/mol. The summed E-state index contributed by atoms with van der Waals surface area (Å²) in [5, 5.41) is 10.3. The van der Waals surface area contributed by atoms with Gasteiger partial charge in [0.1, 0.15) is 0 Å². The van der Waals surface area contributed by atoms with Gasteiger partial charge in [-0.05, 0) is 48.0 Å². The maximum atomic E-state index is 12.7. The van der Waals surface area contributed by atoms with E-state index in [2.05, 4.69) is 35.6 Å². The molecule has 4 heteroatoms. The van der Waals surface area contributed by atoms with Crippen molar-refractivity contribution < 1.29 is 4.79 Å². The summed E-state index contributed by atoms with van der Waals surface area (Å²) < 4.78 is 1.87. The summed E-state index contributed by atoms with van der Waals surface area (Å²) >= 11 is 0. The van der Waals surface area contributed by atoms with Gasteiger partial charge >= 0.3 is 0 Å². The van der Waals surface area contributed by atoms with Crippen LogP contribution in [0.2, 0.25) is 0 Å². The van der Waals surface area contributed by atoms with Crippen molar-refractivity contribution in [1.82, 2.24) is 15.1 Å². The number of aryl methyl sites for hydroxylation is 1. The quantitative estimate of drug-likeness (QED) is 0.385. The third kappa shape index (κ3) is 4.03. The predicted octanol–water partition coefficient (Wildman–Crippen LogP) is 5.93. The second-order valence-electron chi connectivity index (χ2n) is 7.89. The highest BCUT2D eigenvalue weighted by molar-refractivity contribution is 5.94. The number of fused-ring (bicyclic) bond motifs is 1. The molecule has 156 valence electrons. The number of amides is 1. The van der Waals surface area contributed by atoms with Gasteiger partial charge in [-0.1, -0.05) is 72.3 Å². The number of para-hydroxylation sites is 1. The molecule has 0 aliphatic carbocycles. The van der Waals surface area contributed by atoms with E-state index in [0.717, 1.165) is 33.5 Å². The summed E-state index contributed by atoms with van der Waals surface area (Å²) in [6.45, 7) is 2.40. The fourth-order valence-electron chi connectivity index (χ4n) is 3.81. The van der Waals surface area contributed by atoms with Gasteiger partial charge in [-0.15, -0.1) is 0 Å². The minimum Gasteiger partial charge on any atom is -0.348 e. The van der Waals surface area contributed by atoms with Crippen molar-refractivity contribution in [3.05, 3.63) is 120 Å². The lowest BCUT2D eigenvalue weighted by Crippen LogP contribution is -2.22. The number of aromatic nitrogens is 2. The van der Waals surface area contributed by atoms with Gasteiger partial charge in [0.2, 0.25) is 0 Å². The molecule has 1 amide bonds. The van der Waals surface area contributed by atoms with E-state index in [1.807, 2.05) is 84.5 Å². The second-order valence-corrected chi connectivity index (χ2v) is 7.89. The summed E-state index contributed by atoms with van der Waals surface area (Å²) in [5.41, 5.74) is 5.61. The van der Waals surface area contributed by atoms with Crippen LogP contribution in [-0.2, 0) is 6.54 Å². The molecule has 0 unspecified atom stereocenters. The van der Waals surface area contributed by atoms with E-state index in [1.165, 1.54) is 5.39 Å². The Labute approximate surface area is 187 Å². The van der Waals surface area contributed by atoms with E-state index in [9.17, 15) is 4.79 Å². The molecule has 4 nitrogen and oxygen atoms in total. The average Bonchev–Trinajstić information content (AvgIpc) is 3.27. The molecule has 1 aromatic heterocycles. The van der Waals surface area contributed by atoms with Crippen LogP contribution in [0, 0.1) is 6.92 Å². The number of rotatable bonds is 5. The third-order valence-corrected chi connectivity index (χ3v) is 5.59. The first-order valence-electron chi connectivity index (χ1n) is 10.7. The Hall–Kier alpha value is -4.18. The first kappa shape index (κ1) is 19.8. The van der Waals surface area contributed by atoms with E-state index in [4.69, 9.17) is 5.10 Å². The number of benzene rings is 4. The number of nitrogens with zero attached hydrogens (tertiary/aromatic N) is 2. The molecule has 0 spiro atoms. The second kappa shape index (κ2) is 8.52. The third-order valence-electron chi connectivity index (χ3n) is 5.59. The number of carbonyl (C=O) groups is 1. The van der Waals surface area contributed by atoms with Gasteiger partial charge < -0.3 is 5.32 Å². The molecule has 1 heterocycles. The van der Waals surface area contributed by atoms with Crippen LogP contribution >= 0.6 is 0 Å². The molecule has 0 bridgehead atoms. The van der Waals surface area contributed by atoms with E-state index < -0.39 is 0 Å². The maximum absolute atomic E-state index is 12.7. The van der Waals surface area contributed by atoms with Gasteiger partial charge in [-0.2, -0.15) is 5.10 Å². The Morgan fingerprint density at radius 1 is 0.844 bits per heavy atom. The van der Waals surface area contributed by atoms with Crippen LogP contribution in [0.15, 0.2) is 103 Å². The van der Waals surface area contributed by atoms with Crippen molar-refractivity contribution in [2.45, 2.75) is 13.5 Å². The molecule has 1 N–H and O–H groups in total. The highest BCUT2D eigenvalue weighted by Gasteiger charge is 2.14. The topological polar surface area (TPSA) is 46.9 Å². The Bertz CT molecular complexity index is 1390. The molecule has 4 aromatic carbocycles. The van der Waals surface area contributed by atoms with E-state index in [1.54, 1.807) is 0 Å². The zero-order valence-corrected chi connectivity index (χ0v) is 17.8. The molecule has 0 saturated heterocycles. The summed E-state index contributed by atoms with van der Waals surface area (Å²) in [6.07, 6.45) is 2.00. The van der Waals surface area contributed by atoms with Gasteiger partial charge in [0.25, 0.3) is 5.91 Å². The highest BCUT2D eigenvalue weighted by atomic mass is 16.1. The standard InChI is InChI=1S/C28H23N3O/c1-20-11-13-22(14-12-20)28(32)29-18-25-19-31(26-9-3-2-4-10-26)30-27(25)24-16-15-21-7-5-6-8-23(21)17-24/h2-17,19H,18H2,1H3,(H,29,32). The lowest BCUT2D eigenvalue weighted by atomic mass is 10.0. The molecular weight excluding hydrogens is 394 g/mol. The molecule has 0 atom stereocenters. The number of carbonyl (C=O) groups excluding carboxylic acids is 1. The molecule has 5 rings (SSSR count).